The summed E-state index contributed by atoms with van der Waals surface area (Å²) in [5.41, 5.74) is 0.811. The molecule has 0 spiro atoms. The van der Waals surface area contributed by atoms with E-state index >= 15 is 0 Å². The fourth-order valence-corrected chi connectivity index (χ4v) is 4.48. The maximum Gasteiger partial charge on any atom is 0.265 e. The number of aromatic nitrogens is 2. The number of hydrogen-bond acceptors (Lipinski definition) is 5. The van der Waals surface area contributed by atoms with Crippen molar-refractivity contribution in [1.82, 2.24) is 14.5 Å². The van der Waals surface area contributed by atoms with Crippen molar-refractivity contribution in [2.75, 3.05) is 11.3 Å². The molecule has 0 unspecified atom stereocenters. The van der Waals surface area contributed by atoms with E-state index in [1.165, 1.54) is 30.5 Å². The van der Waals surface area contributed by atoms with Gasteiger partial charge in [-0.25, -0.2) is 21.6 Å². The second kappa shape index (κ2) is 6.91. The van der Waals surface area contributed by atoms with Gasteiger partial charge in [-0.05, 0) is 38.1 Å². The van der Waals surface area contributed by atoms with Crippen LogP contribution in [-0.4, -0.2) is 33.2 Å². The second-order valence-corrected chi connectivity index (χ2v) is 8.46. The molecule has 0 bridgehead atoms. The van der Waals surface area contributed by atoms with Gasteiger partial charge in [-0.1, -0.05) is 6.92 Å². The smallest absolute Gasteiger partial charge is 0.265 e. The van der Waals surface area contributed by atoms with Crippen molar-refractivity contribution in [2.24, 2.45) is 0 Å². The van der Waals surface area contributed by atoms with Crippen LogP contribution in [-0.2, 0) is 26.6 Å². The Kier molecular flexibility index (Phi) is 5.31. The summed E-state index contributed by atoms with van der Waals surface area (Å²) in [6.45, 7) is 6.07. The first-order valence-electron chi connectivity index (χ1n) is 7.36. The normalized spacial score (nSPS) is 12.3. The predicted octanol–water partition coefficient (Wildman–Crippen LogP) is 1.31. The highest BCUT2D eigenvalue weighted by Crippen LogP contribution is 2.20. The number of anilines is 1. The maximum absolute atomic E-state index is 12.4. The van der Waals surface area contributed by atoms with Gasteiger partial charge in [-0.3, -0.25) is 9.40 Å². The summed E-state index contributed by atoms with van der Waals surface area (Å²) < 4.78 is 55.0. The van der Waals surface area contributed by atoms with Crippen molar-refractivity contribution in [3.05, 3.63) is 36.2 Å². The molecule has 10 heteroatoms. The minimum Gasteiger partial charge on any atom is -0.280 e. The molecule has 0 atom stereocenters. The zero-order chi connectivity index (χ0) is 18.0. The van der Waals surface area contributed by atoms with Crippen molar-refractivity contribution in [2.45, 2.75) is 37.1 Å². The van der Waals surface area contributed by atoms with Crippen molar-refractivity contribution in [3.8, 4) is 0 Å². The van der Waals surface area contributed by atoms with Gasteiger partial charge >= 0.3 is 0 Å². The zero-order valence-electron chi connectivity index (χ0n) is 13.6. The van der Waals surface area contributed by atoms with Crippen LogP contribution in [0.4, 0.5) is 5.69 Å². The first-order valence-corrected chi connectivity index (χ1v) is 10.3. The summed E-state index contributed by atoms with van der Waals surface area (Å²) in [4.78, 5) is 0.163. The summed E-state index contributed by atoms with van der Waals surface area (Å²) in [6, 6.07) is 5.50. The van der Waals surface area contributed by atoms with Gasteiger partial charge in [0.1, 0.15) is 4.90 Å². The van der Waals surface area contributed by atoms with Crippen LogP contribution >= 0.6 is 0 Å². The van der Waals surface area contributed by atoms with Gasteiger partial charge < -0.3 is 0 Å². The lowest BCUT2D eigenvalue weighted by molar-refractivity contribution is 0.584. The van der Waals surface area contributed by atoms with Crippen LogP contribution in [0.3, 0.4) is 0 Å². The van der Waals surface area contributed by atoms with Crippen molar-refractivity contribution in [1.29, 1.82) is 0 Å². The molecule has 8 nitrogen and oxygen atoms in total. The molecular weight excluding hydrogens is 352 g/mol. The Morgan fingerprint density at radius 3 is 2.17 bits per heavy atom. The molecule has 1 aromatic carbocycles. The molecule has 0 radical (unpaired) electrons. The average molecular weight is 372 g/mol. The number of hydrogen-bond donors (Lipinski definition) is 2. The molecule has 0 fully saturated rings. The predicted molar refractivity (Wildman–Crippen MR) is 90.8 cm³/mol. The third-order valence-electron chi connectivity index (χ3n) is 3.40. The molecule has 2 rings (SSSR count). The molecule has 1 heterocycles. The van der Waals surface area contributed by atoms with Crippen LogP contribution in [0.2, 0.25) is 0 Å². The number of sulfonamides is 2. The number of rotatable bonds is 7. The molecule has 24 heavy (non-hydrogen) atoms. The van der Waals surface area contributed by atoms with Gasteiger partial charge in [-0.15, -0.1) is 0 Å². The van der Waals surface area contributed by atoms with E-state index in [2.05, 4.69) is 14.5 Å². The van der Waals surface area contributed by atoms with Gasteiger partial charge in [0.05, 0.1) is 16.8 Å². The van der Waals surface area contributed by atoms with E-state index in [-0.39, 0.29) is 22.0 Å². The monoisotopic (exact) mass is 372 g/mol. The lowest BCUT2D eigenvalue weighted by Crippen LogP contribution is -2.23. The van der Waals surface area contributed by atoms with Crippen molar-refractivity contribution in [3.63, 3.8) is 0 Å². The van der Waals surface area contributed by atoms with E-state index in [0.717, 1.165) is 0 Å². The van der Waals surface area contributed by atoms with Crippen LogP contribution < -0.4 is 9.44 Å². The molecule has 0 saturated heterocycles. The molecular formula is C14H20N4O4S2. The van der Waals surface area contributed by atoms with E-state index in [1.54, 1.807) is 18.5 Å². The quantitative estimate of drug-likeness (QED) is 0.761. The zero-order valence-corrected chi connectivity index (χ0v) is 15.3. The molecule has 0 saturated carbocycles. The molecule has 132 valence electrons. The third-order valence-corrected chi connectivity index (χ3v) is 6.44. The van der Waals surface area contributed by atoms with Gasteiger partial charge in [-0.2, -0.15) is 5.10 Å². The Hall–Kier alpha value is -1.91. The fraction of sp³-hybridized carbons (Fsp3) is 0.357. The summed E-state index contributed by atoms with van der Waals surface area (Å²) in [6.07, 6.45) is 1.30. The summed E-state index contributed by atoms with van der Waals surface area (Å²) in [7, 11) is -7.36. The van der Waals surface area contributed by atoms with Crippen molar-refractivity contribution >= 4 is 25.7 Å². The lowest BCUT2D eigenvalue weighted by Gasteiger charge is -2.09. The van der Waals surface area contributed by atoms with E-state index in [0.29, 0.717) is 12.2 Å². The highest BCUT2D eigenvalue weighted by Gasteiger charge is 2.21. The van der Waals surface area contributed by atoms with Crippen LogP contribution in [0.15, 0.2) is 40.3 Å². The second-order valence-electron chi connectivity index (χ2n) is 5.04. The Morgan fingerprint density at radius 1 is 1.04 bits per heavy atom. The van der Waals surface area contributed by atoms with Gasteiger partial charge in [0.2, 0.25) is 10.0 Å². The van der Waals surface area contributed by atoms with E-state index < -0.39 is 20.0 Å². The largest absolute Gasteiger partial charge is 0.280 e. The fourth-order valence-electron chi connectivity index (χ4n) is 2.20. The Morgan fingerprint density at radius 2 is 1.67 bits per heavy atom. The molecule has 2 aromatic rings. The SMILES string of the molecule is CCNS(=O)(=O)c1ccc(NS(=O)(=O)c2cnn(CC)c2C)cc1. The number of aryl methyl sites for hydroxylation is 1. The summed E-state index contributed by atoms with van der Waals surface area (Å²) in [5.74, 6) is 0. The average Bonchev–Trinajstić information content (AvgIpc) is 2.89. The van der Waals surface area contributed by atoms with E-state index in [1.807, 2.05) is 6.92 Å². The van der Waals surface area contributed by atoms with Gasteiger partial charge in [0.15, 0.2) is 0 Å². The van der Waals surface area contributed by atoms with Gasteiger partial charge in [0, 0.05) is 18.8 Å². The first kappa shape index (κ1) is 18.4. The van der Waals surface area contributed by atoms with E-state index in [9.17, 15) is 16.8 Å². The van der Waals surface area contributed by atoms with Crippen molar-refractivity contribution < 1.29 is 16.8 Å². The summed E-state index contributed by atoms with van der Waals surface area (Å²) >= 11 is 0. The molecule has 0 aliphatic carbocycles. The van der Waals surface area contributed by atoms with Crippen LogP contribution in [0.25, 0.3) is 0 Å². The Bertz CT molecular complexity index is 916. The van der Waals surface area contributed by atoms with Crippen LogP contribution in [0.1, 0.15) is 19.5 Å². The van der Waals surface area contributed by atoms with Gasteiger partial charge in [0.25, 0.3) is 10.0 Å². The molecule has 0 amide bonds. The van der Waals surface area contributed by atoms with Crippen LogP contribution in [0.5, 0.6) is 0 Å². The Balaban J connectivity index is 2.26. The molecule has 1 aromatic heterocycles. The number of benzene rings is 1. The highest BCUT2D eigenvalue weighted by molar-refractivity contribution is 7.92. The van der Waals surface area contributed by atoms with Crippen LogP contribution in [0, 0.1) is 6.92 Å². The summed E-state index contributed by atoms with van der Waals surface area (Å²) in [5, 5.41) is 4.02. The lowest BCUT2D eigenvalue weighted by atomic mass is 10.3. The minimum atomic E-state index is -3.79. The first-order chi connectivity index (χ1) is 11.2. The third kappa shape index (κ3) is 3.77. The topological polar surface area (TPSA) is 110 Å². The van der Waals surface area contributed by atoms with E-state index in [4.69, 9.17) is 0 Å². The molecule has 2 N–H and O–H groups in total. The molecule has 0 aliphatic rings. The standard InChI is InChI=1S/C14H20N4O4S2/c1-4-16-23(19,20)13-8-6-12(7-9-13)17-24(21,22)14-10-15-18(5-2)11(14)3/h6-10,16-17H,4-5H2,1-3H3. The number of nitrogens with zero attached hydrogens (tertiary/aromatic N) is 2. The maximum atomic E-state index is 12.4. The minimum absolute atomic E-state index is 0.0716. The molecule has 0 aliphatic heterocycles. The Labute approximate surface area is 142 Å². The number of nitrogens with one attached hydrogen (secondary N) is 2. The highest BCUT2D eigenvalue weighted by atomic mass is 32.2.